The van der Waals surface area contributed by atoms with Gasteiger partial charge in [0.1, 0.15) is 0 Å². The lowest BCUT2D eigenvalue weighted by Gasteiger charge is -2.06. The maximum atomic E-state index is 12.1. The number of hydrogen-bond acceptors (Lipinski definition) is 4. The Hall–Kier alpha value is -2.70. The zero-order valence-corrected chi connectivity index (χ0v) is 12.1. The van der Waals surface area contributed by atoms with E-state index >= 15 is 0 Å². The Morgan fingerprint density at radius 2 is 2.19 bits per heavy atom. The molecule has 0 radical (unpaired) electrons. The van der Waals surface area contributed by atoms with Crippen molar-refractivity contribution in [1.29, 1.82) is 0 Å². The van der Waals surface area contributed by atoms with Gasteiger partial charge in [-0.2, -0.15) is 5.10 Å². The highest BCUT2D eigenvalue weighted by molar-refractivity contribution is 6.05. The summed E-state index contributed by atoms with van der Waals surface area (Å²) in [5, 5.41) is 17.7. The van der Waals surface area contributed by atoms with Gasteiger partial charge in [0.05, 0.1) is 16.7 Å². The first-order valence-electron chi connectivity index (χ1n) is 6.51. The third kappa shape index (κ3) is 2.91. The van der Waals surface area contributed by atoms with Crippen LogP contribution in [-0.4, -0.2) is 20.6 Å². The Bertz CT molecular complexity index is 706. The fraction of sp³-hybridized carbons (Fsp3) is 0.286. The zero-order valence-electron chi connectivity index (χ0n) is 12.1. The number of anilines is 1. The number of aromatic nitrogens is 2. The average Bonchev–Trinajstić information content (AvgIpc) is 2.79. The molecule has 1 amide bonds. The van der Waals surface area contributed by atoms with Gasteiger partial charge in [0.2, 0.25) is 0 Å². The van der Waals surface area contributed by atoms with Crippen LogP contribution < -0.4 is 5.32 Å². The van der Waals surface area contributed by atoms with E-state index in [-0.39, 0.29) is 11.6 Å². The van der Waals surface area contributed by atoms with Crippen molar-refractivity contribution >= 4 is 17.3 Å². The zero-order chi connectivity index (χ0) is 15.6. The highest BCUT2D eigenvalue weighted by atomic mass is 16.6. The lowest BCUT2D eigenvalue weighted by molar-refractivity contribution is -0.385. The number of hydrogen-bond donors (Lipinski definition) is 1. The molecule has 7 heteroatoms. The van der Waals surface area contributed by atoms with Crippen molar-refractivity contribution in [3.63, 3.8) is 0 Å². The Balaban J connectivity index is 2.28. The van der Waals surface area contributed by atoms with Crippen LogP contribution in [0.25, 0.3) is 0 Å². The van der Waals surface area contributed by atoms with E-state index in [0.717, 1.165) is 5.69 Å². The fourth-order valence-electron chi connectivity index (χ4n) is 2.03. The van der Waals surface area contributed by atoms with Crippen molar-refractivity contribution < 1.29 is 9.72 Å². The molecule has 2 rings (SSSR count). The summed E-state index contributed by atoms with van der Waals surface area (Å²) in [6.45, 7) is 3.63. The van der Waals surface area contributed by atoms with Gasteiger partial charge >= 0.3 is 0 Å². The minimum absolute atomic E-state index is 0.0122. The Kier molecular flexibility index (Phi) is 4.02. The first kappa shape index (κ1) is 14.7. The third-order valence-corrected chi connectivity index (χ3v) is 3.40. The largest absolute Gasteiger partial charge is 0.322 e. The van der Waals surface area contributed by atoms with Crippen molar-refractivity contribution in [2.75, 3.05) is 5.32 Å². The molecule has 0 bridgehead atoms. The van der Waals surface area contributed by atoms with Gasteiger partial charge in [0.25, 0.3) is 11.6 Å². The quantitative estimate of drug-likeness (QED) is 0.691. The molecule has 0 aliphatic heterocycles. The Morgan fingerprint density at radius 1 is 1.48 bits per heavy atom. The van der Waals surface area contributed by atoms with Crippen LogP contribution in [0.4, 0.5) is 11.4 Å². The average molecular weight is 288 g/mol. The van der Waals surface area contributed by atoms with Crippen LogP contribution in [0.3, 0.4) is 0 Å². The van der Waals surface area contributed by atoms with E-state index in [2.05, 4.69) is 10.4 Å². The van der Waals surface area contributed by atoms with E-state index < -0.39 is 4.92 Å². The van der Waals surface area contributed by atoms with Gasteiger partial charge in [-0.15, -0.1) is 0 Å². The van der Waals surface area contributed by atoms with E-state index in [9.17, 15) is 14.9 Å². The molecule has 2 aromatic rings. The van der Waals surface area contributed by atoms with Crippen LogP contribution >= 0.6 is 0 Å². The number of aryl methyl sites for hydroxylation is 2. The standard InChI is InChI=1S/C14H16N4O3/c1-4-10-5-6-11(7-13(10)18(20)21)16-14(19)12-8-15-17(3)9(12)2/h5-8H,4H2,1-3H3,(H,16,19). The number of nitro groups is 1. The Morgan fingerprint density at radius 3 is 2.71 bits per heavy atom. The molecular weight excluding hydrogens is 272 g/mol. The molecule has 0 fully saturated rings. The molecule has 0 atom stereocenters. The normalized spacial score (nSPS) is 10.4. The molecule has 21 heavy (non-hydrogen) atoms. The van der Waals surface area contributed by atoms with Crippen molar-refractivity contribution in [2.45, 2.75) is 20.3 Å². The summed E-state index contributed by atoms with van der Waals surface area (Å²) in [5.74, 6) is -0.334. The summed E-state index contributed by atoms with van der Waals surface area (Å²) in [7, 11) is 1.74. The molecule has 1 aromatic carbocycles. The molecule has 7 nitrogen and oxygen atoms in total. The third-order valence-electron chi connectivity index (χ3n) is 3.40. The minimum atomic E-state index is -0.441. The summed E-state index contributed by atoms with van der Waals surface area (Å²) in [4.78, 5) is 22.7. The predicted octanol–water partition coefficient (Wildman–Crippen LogP) is 2.45. The highest BCUT2D eigenvalue weighted by Gasteiger charge is 2.16. The van der Waals surface area contributed by atoms with Gasteiger partial charge in [-0.25, -0.2) is 0 Å². The van der Waals surface area contributed by atoms with Crippen molar-refractivity contribution in [3.05, 3.63) is 51.3 Å². The van der Waals surface area contributed by atoms with Gasteiger partial charge < -0.3 is 5.32 Å². The van der Waals surface area contributed by atoms with Crippen LogP contribution in [-0.2, 0) is 13.5 Å². The summed E-state index contributed by atoms with van der Waals surface area (Å²) in [6.07, 6.45) is 2.03. The molecule has 0 aliphatic rings. The fourth-order valence-corrected chi connectivity index (χ4v) is 2.03. The maximum Gasteiger partial charge on any atom is 0.274 e. The molecule has 1 heterocycles. The molecule has 1 N–H and O–H groups in total. The van der Waals surface area contributed by atoms with E-state index in [1.54, 1.807) is 30.8 Å². The molecular formula is C14H16N4O3. The van der Waals surface area contributed by atoms with E-state index in [0.29, 0.717) is 23.2 Å². The molecule has 0 saturated heterocycles. The lowest BCUT2D eigenvalue weighted by atomic mass is 10.1. The first-order chi connectivity index (χ1) is 9.93. The van der Waals surface area contributed by atoms with Crippen molar-refractivity contribution in [3.8, 4) is 0 Å². The highest BCUT2D eigenvalue weighted by Crippen LogP contribution is 2.24. The van der Waals surface area contributed by atoms with Crippen LogP contribution in [0.1, 0.15) is 28.5 Å². The second-order valence-corrected chi connectivity index (χ2v) is 4.68. The van der Waals surface area contributed by atoms with Crippen LogP contribution in [0, 0.1) is 17.0 Å². The summed E-state index contributed by atoms with van der Waals surface area (Å²) < 4.78 is 1.59. The number of benzene rings is 1. The smallest absolute Gasteiger partial charge is 0.274 e. The minimum Gasteiger partial charge on any atom is -0.322 e. The van der Waals surface area contributed by atoms with Gasteiger partial charge in [-0.05, 0) is 19.4 Å². The summed E-state index contributed by atoms with van der Waals surface area (Å²) >= 11 is 0. The molecule has 0 spiro atoms. The van der Waals surface area contributed by atoms with Crippen LogP contribution in [0.2, 0.25) is 0 Å². The SMILES string of the molecule is CCc1ccc(NC(=O)c2cnn(C)c2C)cc1[N+](=O)[O-]. The van der Waals surface area contributed by atoms with E-state index in [1.165, 1.54) is 12.3 Å². The van der Waals surface area contributed by atoms with E-state index in [4.69, 9.17) is 0 Å². The van der Waals surface area contributed by atoms with Gasteiger partial charge in [0, 0.05) is 30.1 Å². The number of rotatable bonds is 4. The van der Waals surface area contributed by atoms with Crippen molar-refractivity contribution in [1.82, 2.24) is 9.78 Å². The second-order valence-electron chi connectivity index (χ2n) is 4.68. The summed E-state index contributed by atoms with van der Waals surface area (Å²) in [5.41, 5.74) is 2.22. The van der Waals surface area contributed by atoms with Gasteiger partial charge in [0.15, 0.2) is 0 Å². The number of nitrogens with zero attached hydrogens (tertiary/aromatic N) is 3. The number of nitrogens with one attached hydrogen (secondary N) is 1. The number of carbonyl (C=O) groups excluding carboxylic acids is 1. The van der Waals surface area contributed by atoms with Crippen LogP contribution in [0.5, 0.6) is 0 Å². The lowest BCUT2D eigenvalue weighted by Crippen LogP contribution is -2.13. The summed E-state index contributed by atoms with van der Waals surface area (Å²) in [6, 6.07) is 4.70. The van der Waals surface area contributed by atoms with Gasteiger partial charge in [-0.1, -0.05) is 13.0 Å². The molecule has 110 valence electrons. The first-order valence-corrected chi connectivity index (χ1v) is 6.51. The number of nitro benzene ring substituents is 1. The molecule has 0 saturated carbocycles. The predicted molar refractivity (Wildman–Crippen MR) is 78.4 cm³/mol. The van der Waals surface area contributed by atoms with Crippen LogP contribution in [0.15, 0.2) is 24.4 Å². The molecule has 0 unspecified atom stereocenters. The van der Waals surface area contributed by atoms with E-state index in [1.807, 2.05) is 6.92 Å². The monoisotopic (exact) mass is 288 g/mol. The number of carbonyl (C=O) groups is 1. The van der Waals surface area contributed by atoms with Crippen molar-refractivity contribution in [2.24, 2.45) is 7.05 Å². The van der Waals surface area contributed by atoms with Gasteiger partial charge in [-0.3, -0.25) is 19.6 Å². The maximum absolute atomic E-state index is 12.1. The molecule has 0 aliphatic carbocycles. The topological polar surface area (TPSA) is 90.1 Å². The Labute approximate surface area is 121 Å². The second kappa shape index (κ2) is 5.74. The number of amides is 1. The molecule has 1 aromatic heterocycles.